The summed E-state index contributed by atoms with van der Waals surface area (Å²) >= 11 is 3.43. The van der Waals surface area contributed by atoms with Crippen LogP contribution in [0, 0.1) is 0 Å². The number of hydrogen-bond acceptors (Lipinski definition) is 7. The third-order valence-corrected chi connectivity index (χ3v) is 11.2. The van der Waals surface area contributed by atoms with Gasteiger partial charge < -0.3 is 27.0 Å². The first kappa shape index (κ1) is 39.4. The summed E-state index contributed by atoms with van der Waals surface area (Å²) in [7, 11) is -3.89. The van der Waals surface area contributed by atoms with Gasteiger partial charge in [0, 0.05) is 47.0 Å². The van der Waals surface area contributed by atoms with Crippen LogP contribution in [0.4, 0.5) is 11.4 Å². The molecule has 0 aliphatic carbocycles. The molecule has 0 saturated carbocycles. The molecule has 12 nitrogen and oxygen atoms in total. The van der Waals surface area contributed by atoms with E-state index in [2.05, 4.69) is 41.9 Å². The van der Waals surface area contributed by atoms with Gasteiger partial charge in [0.2, 0.25) is 5.91 Å². The number of halogens is 1. The third kappa shape index (κ3) is 10.9. The van der Waals surface area contributed by atoms with Crippen LogP contribution >= 0.6 is 15.9 Å². The van der Waals surface area contributed by atoms with Crippen LogP contribution in [0.15, 0.2) is 102 Å². The van der Waals surface area contributed by atoms with Crippen molar-refractivity contribution in [1.29, 1.82) is 0 Å². The third-order valence-electron chi connectivity index (χ3n) is 9.08. The van der Waals surface area contributed by atoms with Crippen molar-refractivity contribution >= 4 is 55.2 Å². The van der Waals surface area contributed by atoms with Gasteiger partial charge in [0.15, 0.2) is 0 Å². The lowest BCUT2D eigenvalue weighted by Crippen LogP contribution is -2.50. The molecular formula is C39H46BrN7O5S. The molecule has 1 saturated heterocycles. The van der Waals surface area contributed by atoms with Crippen molar-refractivity contribution < 1.29 is 22.8 Å². The van der Waals surface area contributed by atoms with E-state index in [0.717, 1.165) is 21.2 Å². The molecule has 280 valence electrons. The van der Waals surface area contributed by atoms with Crippen LogP contribution < -0.4 is 36.0 Å². The Labute approximate surface area is 319 Å². The SMILES string of the molecule is C[C@H](NC[C@H](Cc1ccccc1)NC(=O)c1cc(C(=O)N[C@H](C)c2ccc(Br)cc2)cc(N2CCCNS2(=O)=O)c1)C(=O)N[C@H](C)c1ccc(N)cc1. The Morgan fingerprint density at radius 2 is 1.40 bits per heavy atom. The lowest BCUT2D eigenvalue weighted by molar-refractivity contribution is -0.123. The van der Waals surface area contributed by atoms with Gasteiger partial charge in [-0.1, -0.05) is 70.5 Å². The van der Waals surface area contributed by atoms with Crippen molar-refractivity contribution in [1.82, 2.24) is 26.0 Å². The first-order valence-electron chi connectivity index (χ1n) is 17.5. The summed E-state index contributed by atoms with van der Waals surface area (Å²) < 4.78 is 30.7. The van der Waals surface area contributed by atoms with E-state index in [-0.39, 0.29) is 47.9 Å². The highest BCUT2D eigenvalue weighted by atomic mass is 79.9. The number of benzene rings is 4. The van der Waals surface area contributed by atoms with Crippen LogP contribution in [-0.4, -0.2) is 57.9 Å². The van der Waals surface area contributed by atoms with Crippen molar-refractivity contribution in [3.05, 3.63) is 129 Å². The van der Waals surface area contributed by atoms with E-state index < -0.39 is 34.1 Å². The van der Waals surface area contributed by atoms with Gasteiger partial charge in [-0.2, -0.15) is 13.1 Å². The topological polar surface area (TPSA) is 175 Å². The predicted octanol–water partition coefficient (Wildman–Crippen LogP) is 4.76. The molecule has 0 aromatic heterocycles. The maximum atomic E-state index is 14.1. The second-order valence-electron chi connectivity index (χ2n) is 13.2. The minimum atomic E-state index is -3.89. The summed E-state index contributed by atoms with van der Waals surface area (Å²) in [5.74, 6) is -1.17. The average molecular weight is 805 g/mol. The molecule has 1 fully saturated rings. The number of hydrogen-bond donors (Lipinski definition) is 6. The lowest BCUT2D eigenvalue weighted by Gasteiger charge is -2.29. The van der Waals surface area contributed by atoms with Gasteiger partial charge >= 0.3 is 10.2 Å². The highest BCUT2D eigenvalue weighted by molar-refractivity contribution is 9.10. The first-order valence-corrected chi connectivity index (χ1v) is 19.7. The maximum Gasteiger partial charge on any atom is 0.301 e. The smallest absolute Gasteiger partial charge is 0.301 e. The molecule has 0 spiro atoms. The van der Waals surface area contributed by atoms with E-state index >= 15 is 0 Å². The number of carbonyl (C=O) groups excluding carboxylic acids is 3. The number of nitrogen functional groups attached to an aromatic ring is 1. The van der Waals surface area contributed by atoms with Crippen molar-refractivity contribution in [3.8, 4) is 0 Å². The Morgan fingerprint density at radius 3 is 2.02 bits per heavy atom. The second kappa shape index (κ2) is 17.8. The van der Waals surface area contributed by atoms with Crippen molar-refractivity contribution in [2.45, 2.75) is 57.8 Å². The number of nitrogens with two attached hydrogens (primary N) is 1. The molecule has 4 aromatic carbocycles. The number of rotatable bonds is 14. The Bertz CT molecular complexity index is 2000. The van der Waals surface area contributed by atoms with Crippen LogP contribution in [0.1, 0.15) is 76.7 Å². The molecule has 5 rings (SSSR count). The maximum absolute atomic E-state index is 14.1. The lowest BCUT2D eigenvalue weighted by atomic mass is 10.0. The van der Waals surface area contributed by atoms with Gasteiger partial charge in [0.05, 0.1) is 23.8 Å². The molecule has 0 unspecified atom stereocenters. The second-order valence-corrected chi connectivity index (χ2v) is 15.8. The van der Waals surface area contributed by atoms with Gasteiger partial charge in [-0.25, -0.2) is 0 Å². The molecule has 7 N–H and O–H groups in total. The molecule has 1 aliphatic heterocycles. The summed E-state index contributed by atoms with van der Waals surface area (Å²) in [6.45, 7) is 6.22. The number of nitrogens with one attached hydrogen (secondary N) is 5. The van der Waals surface area contributed by atoms with E-state index in [1.54, 1.807) is 19.1 Å². The minimum absolute atomic E-state index is 0.117. The van der Waals surface area contributed by atoms with Crippen molar-refractivity contribution in [2.24, 2.45) is 0 Å². The minimum Gasteiger partial charge on any atom is -0.399 e. The van der Waals surface area contributed by atoms with Gasteiger partial charge in [-0.15, -0.1) is 0 Å². The molecule has 0 bridgehead atoms. The molecule has 14 heteroatoms. The van der Waals surface area contributed by atoms with Crippen LogP contribution in [0.3, 0.4) is 0 Å². The molecule has 4 aromatic rings. The predicted molar refractivity (Wildman–Crippen MR) is 212 cm³/mol. The van der Waals surface area contributed by atoms with E-state index in [1.807, 2.05) is 80.6 Å². The average Bonchev–Trinajstić information content (AvgIpc) is 3.14. The number of amides is 3. The van der Waals surface area contributed by atoms with E-state index in [4.69, 9.17) is 5.73 Å². The molecule has 1 aliphatic rings. The van der Waals surface area contributed by atoms with Crippen molar-refractivity contribution in [3.63, 3.8) is 0 Å². The number of anilines is 2. The number of carbonyl (C=O) groups is 3. The Hall–Kier alpha value is -4.76. The Kier molecular flexibility index (Phi) is 13.3. The van der Waals surface area contributed by atoms with Crippen LogP contribution in [0.2, 0.25) is 0 Å². The Morgan fingerprint density at radius 1 is 0.811 bits per heavy atom. The zero-order valence-electron chi connectivity index (χ0n) is 29.9. The highest BCUT2D eigenvalue weighted by Crippen LogP contribution is 2.25. The monoisotopic (exact) mass is 803 g/mol. The number of nitrogens with zero attached hydrogens (tertiary/aromatic N) is 1. The van der Waals surface area contributed by atoms with Crippen LogP contribution in [-0.2, 0) is 21.4 Å². The highest BCUT2D eigenvalue weighted by Gasteiger charge is 2.28. The van der Waals surface area contributed by atoms with Gasteiger partial charge in [-0.3, -0.25) is 18.7 Å². The zero-order chi connectivity index (χ0) is 38.1. The molecule has 53 heavy (non-hydrogen) atoms. The summed E-state index contributed by atoms with van der Waals surface area (Å²) in [5, 5.41) is 12.3. The Balaban J connectivity index is 1.36. The molecule has 1 heterocycles. The quantitative estimate of drug-likeness (QED) is 0.0997. The van der Waals surface area contributed by atoms with Gasteiger partial charge in [0.1, 0.15) is 0 Å². The largest absolute Gasteiger partial charge is 0.399 e. The molecule has 3 amide bonds. The van der Waals surface area contributed by atoms with E-state index in [0.29, 0.717) is 25.1 Å². The fourth-order valence-electron chi connectivity index (χ4n) is 5.98. The molecule has 0 radical (unpaired) electrons. The van der Waals surface area contributed by atoms with Crippen LogP contribution in [0.25, 0.3) is 0 Å². The standard InChI is InChI=1S/C39H46BrN7O5S/c1-25(30-12-16-34(41)17-13-30)44-37(48)27(3)42-24-35(20-28-8-5-4-6-9-28)46-39(50)32-21-31(22-36(23-32)47-19-7-18-43-53(47,51)52)38(49)45-26(2)29-10-14-33(40)15-11-29/h4-6,8-17,21-23,25-27,35,42-43H,7,18-20,24,41H2,1-3H3,(H,44,48)(H,45,49)(H,46,50)/t25-,26-,27+,35+/m1/s1. The summed E-state index contributed by atoms with van der Waals surface area (Å²) in [4.78, 5) is 40.9. The van der Waals surface area contributed by atoms with E-state index in [9.17, 15) is 22.8 Å². The fraction of sp³-hybridized carbons (Fsp3) is 0.308. The first-order chi connectivity index (χ1) is 25.3. The fourth-order valence-corrected chi connectivity index (χ4v) is 7.56. The van der Waals surface area contributed by atoms with Gasteiger partial charge in [0.25, 0.3) is 11.8 Å². The van der Waals surface area contributed by atoms with E-state index in [1.165, 1.54) is 22.5 Å². The summed E-state index contributed by atoms with van der Waals surface area (Å²) in [6, 6.07) is 27.2. The molecular weight excluding hydrogens is 758 g/mol. The summed E-state index contributed by atoms with van der Waals surface area (Å²) in [6.07, 6.45) is 0.991. The van der Waals surface area contributed by atoms with Crippen LogP contribution in [0.5, 0.6) is 0 Å². The molecule has 4 atom stereocenters. The zero-order valence-corrected chi connectivity index (χ0v) is 32.3. The normalized spacial score (nSPS) is 16.1. The van der Waals surface area contributed by atoms with Crippen molar-refractivity contribution in [2.75, 3.05) is 29.7 Å². The summed E-state index contributed by atoms with van der Waals surface area (Å²) in [5.41, 5.74) is 9.66. The van der Waals surface area contributed by atoms with Gasteiger partial charge in [-0.05, 0) is 92.8 Å².